The van der Waals surface area contributed by atoms with E-state index in [1.165, 1.54) is 4.90 Å². The van der Waals surface area contributed by atoms with Crippen LogP contribution in [-0.2, 0) is 24.9 Å². The number of carbonyl (C=O) groups excluding carboxylic acids is 1. The van der Waals surface area contributed by atoms with Gasteiger partial charge in [-0.1, -0.05) is 0 Å². The van der Waals surface area contributed by atoms with E-state index in [1.807, 2.05) is 29.3 Å². The minimum atomic E-state index is -2.76. The maximum absolute atomic E-state index is 13.1. The second-order valence-corrected chi connectivity index (χ2v) is 6.93. The van der Waals surface area contributed by atoms with E-state index in [2.05, 4.69) is 15.0 Å². The van der Waals surface area contributed by atoms with Gasteiger partial charge in [-0.3, -0.25) is 14.4 Å². The second kappa shape index (κ2) is 5.62. The third kappa shape index (κ3) is 2.92. The predicted octanol–water partition coefficient (Wildman–Crippen LogP) is 0.959. The summed E-state index contributed by atoms with van der Waals surface area (Å²) in [6.07, 6.45) is 3.34. The number of aryl methyl sites for hydroxylation is 2. The number of amides is 1. The van der Waals surface area contributed by atoms with Gasteiger partial charge in [-0.05, 0) is 13.0 Å². The Morgan fingerprint density at radius 1 is 1.40 bits per heavy atom. The molecule has 9 heteroatoms. The lowest BCUT2D eigenvalue weighted by atomic mass is 10.1. The molecule has 2 aromatic rings. The molecule has 7 nitrogen and oxygen atoms in total. The Bertz CT molecular complexity index is 805. The summed E-state index contributed by atoms with van der Waals surface area (Å²) in [6, 6.07) is 1.50. The Balaban J connectivity index is 1.53. The van der Waals surface area contributed by atoms with E-state index in [9.17, 15) is 13.6 Å². The summed E-state index contributed by atoms with van der Waals surface area (Å²) in [6.45, 7) is 2.72. The Labute approximate surface area is 143 Å². The first-order valence-corrected chi connectivity index (χ1v) is 8.21. The van der Waals surface area contributed by atoms with E-state index in [0.717, 1.165) is 17.1 Å². The quantitative estimate of drug-likeness (QED) is 0.827. The van der Waals surface area contributed by atoms with Crippen LogP contribution in [0.1, 0.15) is 23.1 Å². The van der Waals surface area contributed by atoms with E-state index >= 15 is 0 Å². The first kappa shape index (κ1) is 16.2. The summed E-state index contributed by atoms with van der Waals surface area (Å²) < 4.78 is 29.9. The van der Waals surface area contributed by atoms with Gasteiger partial charge in [-0.15, -0.1) is 0 Å². The van der Waals surface area contributed by atoms with E-state index in [-0.39, 0.29) is 5.91 Å². The van der Waals surface area contributed by atoms with Crippen molar-refractivity contribution in [2.75, 3.05) is 19.6 Å². The van der Waals surface area contributed by atoms with Crippen molar-refractivity contribution in [2.45, 2.75) is 32.0 Å². The van der Waals surface area contributed by atoms with Crippen LogP contribution in [0.15, 0.2) is 18.6 Å². The lowest BCUT2D eigenvalue weighted by Crippen LogP contribution is -2.61. The third-order valence-corrected chi connectivity index (χ3v) is 4.82. The van der Waals surface area contributed by atoms with Crippen LogP contribution < -0.4 is 0 Å². The molecule has 2 aliphatic heterocycles. The largest absolute Gasteiger partial charge is 0.329 e. The highest BCUT2D eigenvalue weighted by atomic mass is 19.3. The predicted molar refractivity (Wildman–Crippen MR) is 84.9 cm³/mol. The topological polar surface area (TPSA) is 59.2 Å². The second-order valence-electron chi connectivity index (χ2n) is 6.93. The van der Waals surface area contributed by atoms with E-state index in [0.29, 0.717) is 19.6 Å². The van der Waals surface area contributed by atoms with Gasteiger partial charge >= 0.3 is 0 Å². The van der Waals surface area contributed by atoms with E-state index in [4.69, 9.17) is 0 Å². The third-order valence-electron chi connectivity index (χ3n) is 4.82. The molecule has 4 rings (SSSR count). The van der Waals surface area contributed by atoms with Gasteiger partial charge in [0, 0.05) is 32.9 Å². The van der Waals surface area contributed by atoms with Crippen molar-refractivity contribution in [1.82, 2.24) is 29.1 Å². The molecule has 0 saturated carbocycles. The molecule has 2 aromatic heterocycles. The van der Waals surface area contributed by atoms with Crippen LogP contribution in [0.2, 0.25) is 0 Å². The normalized spacial score (nSPS) is 22.6. The van der Waals surface area contributed by atoms with Gasteiger partial charge in [0.05, 0.1) is 36.5 Å². The molecule has 134 valence electrons. The molecule has 25 heavy (non-hydrogen) atoms. The average molecular weight is 350 g/mol. The SMILES string of the molecule is Cc1cc(CN2Cc3cncn3[C@H](C(=O)N3CC(F)(F)C3)C2)n(C)n1. The average Bonchev–Trinajstić information content (AvgIpc) is 3.09. The van der Waals surface area contributed by atoms with Crippen molar-refractivity contribution in [2.24, 2.45) is 7.05 Å². The number of likely N-dealkylation sites (tertiary alicyclic amines) is 1. The molecule has 1 amide bonds. The maximum Gasteiger partial charge on any atom is 0.282 e. The van der Waals surface area contributed by atoms with Crippen molar-refractivity contribution >= 4 is 5.91 Å². The minimum Gasteiger partial charge on any atom is -0.329 e. The molecule has 4 heterocycles. The first-order chi connectivity index (χ1) is 11.8. The lowest BCUT2D eigenvalue weighted by Gasteiger charge is -2.42. The number of halogens is 2. The number of imidazole rings is 1. The zero-order valence-electron chi connectivity index (χ0n) is 14.2. The highest BCUT2D eigenvalue weighted by molar-refractivity contribution is 5.82. The van der Waals surface area contributed by atoms with E-state index in [1.54, 1.807) is 12.5 Å². The summed E-state index contributed by atoms with van der Waals surface area (Å²) in [5.74, 6) is -3.02. The number of nitrogens with zero attached hydrogens (tertiary/aromatic N) is 6. The summed E-state index contributed by atoms with van der Waals surface area (Å²) >= 11 is 0. The molecule has 0 aliphatic carbocycles. The van der Waals surface area contributed by atoms with Crippen LogP contribution in [-0.4, -0.2) is 60.6 Å². The molecule has 1 saturated heterocycles. The number of fused-ring (bicyclic) bond motifs is 1. The van der Waals surface area contributed by atoms with Crippen molar-refractivity contribution in [1.29, 1.82) is 0 Å². The van der Waals surface area contributed by atoms with Crippen LogP contribution in [0.3, 0.4) is 0 Å². The molecule has 0 bridgehead atoms. The lowest BCUT2D eigenvalue weighted by molar-refractivity contribution is -0.170. The zero-order valence-corrected chi connectivity index (χ0v) is 14.2. The summed E-state index contributed by atoms with van der Waals surface area (Å²) in [5, 5.41) is 4.35. The van der Waals surface area contributed by atoms with Gasteiger partial charge in [0.25, 0.3) is 5.92 Å². The van der Waals surface area contributed by atoms with Gasteiger partial charge in [0.2, 0.25) is 5.91 Å². The maximum atomic E-state index is 13.1. The number of rotatable bonds is 3. The van der Waals surface area contributed by atoms with Gasteiger partial charge < -0.3 is 9.47 Å². The molecule has 1 atom stereocenters. The van der Waals surface area contributed by atoms with Crippen LogP contribution in [0, 0.1) is 6.92 Å². The molecular formula is C16H20F2N6O. The Kier molecular flexibility index (Phi) is 3.64. The summed E-state index contributed by atoms with van der Waals surface area (Å²) in [5.41, 5.74) is 2.90. The first-order valence-electron chi connectivity index (χ1n) is 8.21. The zero-order chi connectivity index (χ0) is 17.8. The number of hydrogen-bond donors (Lipinski definition) is 0. The molecule has 0 N–H and O–H groups in total. The van der Waals surface area contributed by atoms with Crippen molar-refractivity contribution in [3.63, 3.8) is 0 Å². The van der Waals surface area contributed by atoms with Crippen LogP contribution >= 0.6 is 0 Å². The van der Waals surface area contributed by atoms with Crippen molar-refractivity contribution in [3.05, 3.63) is 35.7 Å². The number of aromatic nitrogens is 4. The number of hydrogen-bond acceptors (Lipinski definition) is 4. The fourth-order valence-corrected chi connectivity index (χ4v) is 3.60. The molecule has 1 fully saturated rings. The van der Waals surface area contributed by atoms with Crippen molar-refractivity contribution < 1.29 is 13.6 Å². The smallest absolute Gasteiger partial charge is 0.282 e. The molecule has 2 aliphatic rings. The highest BCUT2D eigenvalue weighted by Gasteiger charge is 2.48. The van der Waals surface area contributed by atoms with Gasteiger partial charge in [0.1, 0.15) is 6.04 Å². The standard InChI is InChI=1S/C16H20F2N6O/c1-11-3-12(21(2)20-11)5-22-6-13-4-19-10-24(13)14(7-22)15(25)23-8-16(17,18)9-23/h3-4,10,14H,5-9H2,1-2H3/t14-/m0/s1. The molecule has 0 unspecified atom stereocenters. The van der Waals surface area contributed by atoms with Crippen LogP contribution in [0.25, 0.3) is 0 Å². The van der Waals surface area contributed by atoms with Crippen LogP contribution in [0.5, 0.6) is 0 Å². The van der Waals surface area contributed by atoms with E-state index < -0.39 is 25.1 Å². The minimum absolute atomic E-state index is 0.268. The van der Waals surface area contributed by atoms with Crippen LogP contribution in [0.4, 0.5) is 8.78 Å². The summed E-state index contributed by atoms with van der Waals surface area (Å²) in [4.78, 5) is 20.2. The van der Waals surface area contributed by atoms with Crippen molar-refractivity contribution in [3.8, 4) is 0 Å². The molecule has 0 radical (unpaired) electrons. The van der Waals surface area contributed by atoms with Gasteiger partial charge in [-0.2, -0.15) is 5.10 Å². The fraction of sp³-hybridized carbons (Fsp3) is 0.562. The summed E-state index contributed by atoms with van der Waals surface area (Å²) in [7, 11) is 1.89. The van der Waals surface area contributed by atoms with Gasteiger partial charge in [0.15, 0.2) is 0 Å². The highest BCUT2D eigenvalue weighted by Crippen LogP contribution is 2.31. The number of alkyl halides is 2. The molecule has 0 spiro atoms. The molecular weight excluding hydrogens is 330 g/mol. The Morgan fingerprint density at radius 2 is 2.16 bits per heavy atom. The molecule has 0 aromatic carbocycles. The number of carbonyl (C=O) groups is 1. The monoisotopic (exact) mass is 350 g/mol. The Hall–Kier alpha value is -2.29. The Morgan fingerprint density at radius 3 is 2.80 bits per heavy atom. The fourth-order valence-electron chi connectivity index (χ4n) is 3.60. The van der Waals surface area contributed by atoms with Gasteiger partial charge in [-0.25, -0.2) is 13.8 Å².